The molecule has 0 spiro atoms. The van der Waals surface area contributed by atoms with Gasteiger partial charge in [0.1, 0.15) is 5.82 Å². The predicted octanol–water partition coefficient (Wildman–Crippen LogP) is 2.07. The molecule has 2 aromatic rings. The standard InChI is InChI=1S/C14H18FN3O/c1-16-12(14-17-6-7-18(14)2)9-10-4-5-13(19-3)11(15)8-10/h4-8,12,16H,9H2,1-3H3. The lowest BCUT2D eigenvalue weighted by Gasteiger charge is -2.16. The van der Waals surface area contributed by atoms with Crippen LogP contribution >= 0.6 is 0 Å². The second kappa shape index (κ2) is 5.84. The van der Waals surface area contributed by atoms with Gasteiger partial charge in [-0.05, 0) is 31.2 Å². The summed E-state index contributed by atoms with van der Waals surface area (Å²) in [6.07, 6.45) is 4.32. The maximum atomic E-state index is 13.7. The van der Waals surface area contributed by atoms with E-state index in [1.807, 2.05) is 30.9 Å². The van der Waals surface area contributed by atoms with Gasteiger partial charge in [0.25, 0.3) is 0 Å². The highest BCUT2D eigenvalue weighted by molar-refractivity contribution is 5.30. The smallest absolute Gasteiger partial charge is 0.165 e. The Labute approximate surface area is 112 Å². The van der Waals surface area contributed by atoms with Gasteiger partial charge in [0.2, 0.25) is 0 Å². The molecule has 1 heterocycles. The second-order valence-electron chi connectivity index (χ2n) is 4.41. The number of halogens is 1. The summed E-state index contributed by atoms with van der Waals surface area (Å²) in [5.41, 5.74) is 0.903. The van der Waals surface area contributed by atoms with Gasteiger partial charge >= 0.3 is 0 Å². The molecule has 5 heteroatoms. The fourth-order valence-electron chi connectivity index (χ4n) is 2.11. The Morgan fingerprint density at radius 1 is 1.47 bits per heavy atom. The molecule has 1 unspecified atom stereocenters. The summed E-state index contributed by atoms with van der Waals surface area (Å²) in [5.74, 6) is 0.857. The highest BCUT2D eigenvalue weighted by Crippen LogP contribution is 2.21. The van der Waals surface area contributed by atoms with Crippen LogP contribution in [0.1, 0.15) is 17.4 Å². The van der Waals surface area contributed by atoms with Crippen molar-refractivity contribution in [3.05, 3.63) is 47.8 Å². The zero-order valence-corrected chi connectivity index (χ0v) is 11.4. The molecular formula is C14H18FN3O. The van der Waals surface area contributed by atoms with E-state index in [1.165, 1.54) is 13.2 Å². The maximum Gasteiger partial charge on any atom is 0.165 e. The average molecular weight is 263 g/mol. The van der Waals surface area contributed by atoms with Crippen LogP contribution in [0.25, 0.3) is 0 Å². The van der Waals surface area contributed by atoms with Gasteiger partial charge < -0.3 is 14.6 Å². The largest absolute Gasteiger partial charge is 0.494 e. The molecule has 0 saturated carbocycles. The minimum atomic E-state index is -0.338. The monoisotopic (exact) mass is 263 g/mol. The van der Waals surface area contributed by atoms with E-state index in [1.54, 1.807) is 12.3 Å². The summed E-state index contributed by atoms with van der Waals surface area (Å²) in [6, 6.07) is 5.07. The van der Waals surface area contributed by atoms with Crippen LogP contribution in [0.5, 0.6) is 5.75 Å². The van der Waals surface area contributed by atoms with E-state index in [9.17, 15) is 4.39 Å². The van der Waals surface area contributed by atoms with Gasteiger partial charge in [-0.15, -0.1) is 0 Å². The molecule has 1 atom stereocenters. The van der Waals surface area contributed by atoms with Crippen LogP contribution in [0.4, 0.5) is 4.39 Å². The summed E-state index contributed by atoms with van der Waals surface area (Å²) in [4.78, 5) is 4.32. The summed E-state index contributed by atoms with van der Waals surface area (Å²) in [7, 11) is 5.28. The first-order chi connectivity index (χ1) is 9.15. The molecule has 19 heavy (non-hydrogen) atoms. The fourth-order valence-corrected chi connectivity index (χ4v) is 2.11. The van der Waals surface area contributed by atoms with Gasteiger partial charge in [-0.2, -0.15) is 0 Å². The minimum Gasteiger partial charge on any atom is -0.494 e. The van der Waals surface area contributed by atoms with Gasteiger partial charge in [0.05, 0.1) is 13.2 Å². The van der Waals surface area contributed by atoms with Gasteiger partial charge in [0, 0.05) is 19.4 Å². The van der Waals surface area contributed by atoms with E-state index in [0.717, 1.165) is 11.4 Å². The van der Waals surface area contributed by atoms with Crippen LogP contribution in [-0.4, -0.2) is 23.7 Å². The lowest BCUT2D eigenvalue weighted by molar-refractivity contribution is 0.386. The van der Waals surface area contributed by atoms with Crippen molar-refractivity contribution in [2.24, 2.45) is 7.05 Å². The third kappa shape index (κ3) is 2.93. The molecule has 0 fully saturated rings. The third-order valence-corrected chi connectivity index (χ3v) is 3.17. The van der Waals surface area contributed by atoms with Crippen molar-refractivity contribution in [2.45, 2.75) is 12.5 Å². The van der Waals surface area contributed by atoms with Gasteiger partial charge in [-0.1, -0.05) is 6.07 Å². The van der Waals surface area contributed by atoms with E-state index in [-0.39, 0.29) is 17.6 Å². The SMILES string of the molecule is CNC(Cc1ccc(OC)c(F)c1)c1nccn1C. The Morgan fingerprint density at radius 3 is 2.79 bits per heavy atom. The fraction of sp³-hybridized carbons (Fsp3) is 0.357. The summed E-state index contributed by atoms with van der Waals surface area (Å²) in [5, 5.41) is 3.20. The number of aryl methyl sites for hydroxylation is 1. The molecule has 0 aliphatic heterocycles. The molecular weight excluding hydrogens is 245 g/mol. The van der Waals surface area contributed by atoms with Crippen LogP contribution < -0.4 is 10.1 Å². The van der Waals surface area contributed by atoms with Crippen molar-refractivity contribution in [1.29, 1.82) is 0 Å². The number of nitrogens with one attached hydrogen (secondary N) is 1. The molecule has 1 aromatic heterocycles. The molecule has 2 rings (SSSR count). The van der Waals surface area contributed by atoms with Gasteiger partial charge in [-0.25, -0.2) is 9.37 Å². The predicted molar refractivity (Wildman–Crippen MR) is 71.7 cm³/mol. The van der Waals surface area contributed by atoms with E-state index >= 15 is 0 Å². The molecule has 0 radical (unpaired) electrons. The lowest BCUT2D eigenvalue weighted by Crippen LogP contribution is -2.22. The number of aromatic nitrogens is 2. The van der Waals surface area contributed by atoms with Crippen molar-refractivity contribution < 1.29 is 9.13 Å². The van der Waals surface area contributed by atoms with E-state index in [2.05, 4.69) is 10.3 Å². The number of nitrogens with zero attached hydrogens (tertiary/aromatic N) is 2. The third-order valence-electron chi connectivity index (χ3n) is 3.17. The molecule has 4 nitrogen and oxygen atoms in total. The zero-order valence-electron chi connectivity index (χ0n) is 11.4. The van der Waals surface area contributed by atoms with Crippen LogP contribution in [0.3, 0.4) is 0 Å². The summed E-state index contributed by atoms with van der Waals surface area (Å²) in [6.45, 7) is 0. The van der Waals surface area contributed by atoms with Gasteiger partial charge in [0.15, 0.2) is 11.6 Å². The number of methoxy groups -OCH3 is 1. The number of ether oxygens (including phenoxy) is 1. The average Bonchev–Trinajstić information content (AvgIpc) is 2.82. The van der Waals surface area contributed by atoms with E-state index in [4.69, 9.17) is 4.74 Å². The maximum absolute atomic E-state index is 13.7. The number of rotatable bonds is 5. The number of likely N-dealkylation sites (N-methyl/N-ethyl adjacent to an activating group) is 1. The molecule has 102 valence electrons. The number of hydrogen-bond acceptors (Lipinski definition) is 3. The molecule has 0 bridgehead atoms. The normalized spacial score (nSPS) is 12.4. The molecule has 0 aliphatic rings. The number of imidazole rings is 1. The Bertz CT molecular complexity index is 553. The lowest BCUT2D eigenvalue weighted by atomic mass is 10.0. The van der Waals surface area contributed by atoms with Crippen LogP contribution in [0, 0.1) is 5.82 Å². The highest BCUT2D eigenvalue weighted by atomic mass is 19.1. The van der Waals surface area contributed by atoms with E-state index in [0.29, 0.717) is 6.42 Å². The van der Waals surface area contributed by atoms with Crippen LogP contribution in [0.2, 0.25) is 0 Å². The first-order valence-corrected chi connectivity index (χ1v) is 6.12. The Morgan fingerprint density at radius 2 is 2.26 bits per heavy atom. The quantitative estimate of drug-likeness (QED) is 0.897. The summed E-state index contributed by atoms with van der Waals surface area (Å²) >= 11 is 0. The molecule has 1 aromatic carbocycles. The van der Waals surface area contributed by atoms with E-state index < -0.39 is 0 Å². The van der Waals surface area contributed by atoms with Crippen molar-refractivity contribution >= 4 is 0 Å². The summed E-state index contributed by atoms with van der Waals surface area (Å²) < 4.78 is 20.5. The molecule has 0 amide bonds. The topological polar surface area (TPSA) is 39.1 Å². The molecule has 0 saturated heterocycles. The molecule has 1 N–H and O–H groups in total. The Balaban J connectivity index is 2.19. The van der Waals surface area contributed by atoms with Crippen molar-refractivity contribution in [1.82, 2.24) is 14.9 Å². The zero-order chi connectivity index (χ0) is 13.8. The first kappa shape index (κ1) is 13.5. The Hall–Kier alpha value is -1.88. The molecule has 0 aliphatic carbocycles. The van der Waals surface area contributed by atoms with Gasteiger partial charge in [-0.3, -0.25) is 0 Å². The first-order valence-electron chi connectivity index (χ1n) is 6.12. The van der Waals surface area contributed by atoms with Crippen molar-refractivity contribution in [3.63, 3.8) is 0 Å². The number of hydrogen-bond donors (Lipinski definition) is 1. The highest BCUT2D eigenvalue weighted by Gasteiger charge is 2.15. The van der Waals surface area contributed by atoms with Crippen molar-refractivity contribution in [3.8, 4) is 5.75 Å². The second-order valence-corrected chi connectivity index (χ2v) is 4.41. The number of benzene rings is 1. The Kier molecular flexibility index (Phi) is 4.16. The minimum absolute atomic E-state index is 0.0489. The van der Waals surface area contributed by atoms with Crippen LogP contribution in [0.15, 0.2) is 30.6 Å². The van der Waals surface area contributed by atoms with Crippen molar-refractivity contribution in [2.75, 3.05) is 14.2 Å². The van der Waals surface area contributed by atoms with Crippen LogP contribution in [-0.2, 0) is 13.5 Å².